The van der Waals surface area contributed by atoms with E-state index in [-0.39, 0.29) is 5.78 Å². The molecule has 1 aliphatic heterocycles. The quantitative estimate of drug-likeness (QED) is 0.413. The Labute approximate surface area is 213 Å². The van der Waals surface area contributed by atoms with Gasteiger partial charge in [0.25, 0.3) is 0 Å². The third-order valence-electron chi connectivity index (χ3n) is 6.38. The number of Topliss-reactive ketones (excluding diaryl/α,β-unsaturated/α-hetero) is 1. The molecule has 1 aromatic carbocycles. The van der Waals surface area contributed by atoms with Gasteiger partial charge < -0.3 is 15.5 Å². The Hall–Kier alpha value is -2.91. The molecule has 1 aliphatic rings. The number of pyridine rings is 1. The van der Waals surface area contributed by atoms with Gasteiger partial charge in [0.05, 0.1) is 18.2 Å². The van der Waals surface area contributed by atoms with Crippen LogP contribution in [0, 0.1) is 17.9 Å². The van der Waals surface area contributed by atoms with Gasteiger partial charge >= 0.3 is 0 Å². The molecule has 2 heterocycles. The summed E-state index contributed by atoms with van der Waals surface area (Å²) < 4.78 is 0. The fraction of sp³-hybridized carbons (Fsp3) is 0.481. The van der Waals surface area contributed by atoms with Crippen molar-refractivity contribution in [3.63, 3.8) is 0 Å². The summed E-state index contributed by atoms with van der Waals surface area (Å²) in [5.41, 5.74) is 9.70. The average Bonchev–Trinajstić information content (AvgIpc) is 3.09. The molecule has 184 valence electrons. The second-order valence-electron chi connectivity index (χ2n) is 9.02. The van der Waals surface area contributed by atoms with E-state index in [1.165, 1.54) is 0 Å². The fourth-order valence-electron chi connectivity index (χ4n) is 4.20. The second-order valence-corrected chi connectivity index (χ2v) is 9.99. The molecule has 0 amide bonds. The van der Waals surface area contributed by atoms with Crippen molar-refractivity contribution in [2.24, 2.45) is 5.73 Å². The maximum absolute atomic E-state index is 11.8. The second kappa shape index (κ2) is 12.7. The smallest absolute Gasteiger partial charge is 0.232 e. The largest absolute Gasteiger partial charge is 0.364 e. The topological polar surface area (TPSA) is 90.6 Å². The lowest BCUT2D eigenvalue weighted by Crippen LogP contribution is -2.29. The first-order valence-electron chi connectivity index (χ1n) is 12.1. The molecular formula is C27H34N6OS. The van der Waals surface area contributed by atoms with Gasteiger partial charge in [0.2, 0.25) is 5.69 Å². The zero-order valence-electron chi connectivity index (χ0n) is 20.9. The number of nitriles is 1. The number of benzene rings is 1. The number of rotatable bonds is 9. The van der Waals surface area contributed by atoms with Gasteiger partial charge in [-0.3, -0.25) is 4.79 Å². The van der Waals surface area contributed by atoms with Crippen molar-refractivity contribution in [1.82, 2.24) is 9.88 Å². The summed E-state index contributed by atoms with van der Waals surface area (Å²) in [6.07, 6.45) is 2.76. The molecule has 0 spiro atoms. The number of nitrogens with zero attached hydrogens (tertiary/aromatic N) is 5. The normalized spacial score (nSPS) is 15.2. The summed E-state index contributed by atoms with van der Waals surface area (Å²) >= 11 is 1.54. The lowest BCUT2D eigenvalue weighted by atomic mass is 10.0. The number of ketones is 1. The van der Waals surface area contributed by atoms with Crippen molar-refractivity contribution < 1.29 is 4.79 Å². The van der Waals surface area contributed by atoms with Crippen LogP contribution in [0.5, 0.6) is 0 Å². The van der Waals surface area contributed by atoms with Crippen molar-refractivity contribution in [1.29, 1.82) is 5.26 Å². The van der Waals surface area contributed by atoms with Gasteiger partial charge in [-0.1, -0.05) is 31.2 Å². The first kappa shape index (κ1) is 26.7. The molecule has 2 N–H and O–H groups in total. The summed E-state index contributed by atoms with van der Waals surface area (Å²) in [5.74, 6) is 1.45. The number of thioether (sulfide) groups is 1. The van der Waals surface area contributed by atoms with Crippen LogP contribution in [0.25, 0.3) is 4.85 Å². The lowest BCUT2D eigenvalue weighted by Gasteiger charge is -2.25. The van der Waals surface area contributed by atoms with E-state index in [2.05, 4.69) is 39.9 Å². The summed E-state index contributed by atoms with van der Waals surface area (Å²) in [4.78, 5) is 25.0. The molecule has 35 heavy (non-hydrogen) atoms. The van der Waals surface area contributed by atoms with Gasteiger partial charge in [0.1, 0.15) is 22.7 Å². The van der Waals surface area contributed by atoms with Crippen molar-refractivity contribution in [3.8, 4) is 6.07 Å². The molecule has 0 bridgehead atoms. The van der Waals surface area contributed by atoms with Crippen LogP contribution in [0.1, 0.15) is 48.9 Å². The standard InChI is InChI=1S/C27H34N6OS/c1-5-22-23(17-28)27(31-26(25(22)30-3)33-14-6-13-32(4)15-16-33)35-18-21-9-7-20(8-10-21)11-12-24(34)19(2)29/h7-10,19H,5-6,11-16,18,29H2,1-2,4H3/t19-/m0/s1. The van der Waals surface area contributed by atoms with Crippen molar-refractivity contribution in [3.05, 3.63) is 57.9 Å². The van der Waals surface area contributed by atoms with E-state index in [1.54, 1.807) is 18.7 Å². The number of aromatic nitrogens is 1. The van der Waals surface area contributed by atoms with Gasteiger partial charge in [-0.15, -0.1) is 11.8 Å². The monoisotopic (exact) mass is 490 g/mol. The van der Waals surface area contributed by atoms with E-state index in [4.69, 9.17) is 17.3 Å². The fourth-order valence-corrected chi connectivity index (χ4v) is 5.16. The van der Waals surface area contributed by atoms with Crippen LogP contribution in [0.4, 0.5) is 11.5 Å². The molecule has 1 atom stereocenters. The maximum Gasteiger partial charge on any atom is 0.232 e. The van der Waals surface area contributed by atoms with Crippen molar-refractivity contribution in [2.75, 3.05) is 38.1 Å². The Morgan fingerprint density at radius 1 is 1.26 bits per heavy atom. The molecule has 0 aliphatic carbocycles. The van der Waals surface area contributed by atoms with Gasteiger partial charge in [-0.25, -0.2) is 9.83 Å². The Balaban J connectivity index is 1.81. The molecule has 3 rings (SSSR count). The minimum Gasteiger partial charge on any atom is -0.364 e. The molecule has 8 heteroatoms. The van der Waals surface area contributed by atoms with E-state index in [1.807, 2.05) is 19.1 Å². The minimum absolute atomic E-state index is 0.0705. The SMILES string of the molecule is [C-]#[N+]c1c(N2CCCN(C)CC2)nc(SCc2ccc(CCC(=O)[C@H](C)N)cc2)c(C#N)c1CC. The van der Waals surface area contributed by atoms with Crippen LogP contribution < -0.4 is 10.6 Å². The van der Waals surface area contributed by atoms with Gasteiger partial charge in [-0.2, -0.15) is 5.26 Å². The number of carbonyl (C=O) groups is 1. The highest BCUT2D eigenvalue weighted by Crippen LogP contribution is 2.39. The number of hydrogen-bond donors (Lipinski definition) is 1. The molecule has 2 aromatic rings. The van der Waals surface area contributed by atoms with E-state index in [9.17, 15) is 10.1 Å². The number of carbonyl (C=O) groups excluding carboxylic acids is 1. The number of hydrogen-bond acceptors (Lipinski definition) is 7. The van der Waals surface area contributed by atoms with Gasteiger partial charge in [0.15, 0.2) is 0 Å². The van der Waals surface area contributed by atoms with Crippen LogP contribution in [-0.2, 0) is 23.4 Å². The van der Waals surface area contributed by atoms with E-state index >= 15 is 0 Å². The van der Waals surface area contributed by atoms with Crippen LogP contribution in [0.2, 0.25) is 0 Å². The van der Waals surface area contributed by atoms with E-state index < -0.39 is 6.04 Å². The molecule has 1 saturated heterocycles. The molecule has 0 unspecified atom stereocenters. The highest BCUT2D eigenvalue weighted by Gasteiger charge is 2.24. The van der Waals surface area contributed by atoms with Gasteiger partial charge in [-0.05, 0) is 56.5 Å². The summed E-state index contributed by atoms with van der Waals surface area (Å²) in [6, 6.07) is 10.1. The average molecular weight is 491 g/mol. The minimum atomic E-state index is -0.421. The molecule has 1 aromatic heterocycles. The van der Waals surface area contributed by atoms with Crippen LogP contribution in [0.3, 0.4) is 0 Å². The predicted octanol–water partition coefficient (Wildman–Crippen LogP) is 4.35. The van der Waals surface area contributed by atoms with E-state index in [0.29, 0.717) is 47.1 Å². The third-order valence-corrected chi connectivity index (χ3v) is 7.43. The highest BCUT2D eigenvalue weighted by molar-refractivity contribution is 7.98. The first-order valence-corrected chi connectivity index (χ1v) is 13.1. The van der Waals surface area contributed by atoms with Crippen molar-refractivity contribution in [2.45, 2.75) is 56.4 Å². The number of aryl methyl sites for hydroxylation is 1. The Kier molecular flexibility index (Phi) is 9.68. The Bertz CT molecular complexity index is 1120. The summed E-state index contributed by atoms with van der Waals surface area (Å²) in [5, 5.41) is 10.6. The maximum atomic E-state index is 11.8. The first-order chi connectivity index (χ1) is 16.9. The van der Waals surface area contributed by atoms with E-state index in [0.717, 1.165) is 49.3 Å². The molecule has 0 saturated carbocycles. The summed E-state index contributed by atoms with van der Waals surface area (Å²) in [6.45, 7) is 15.2. The van der Waals surface area contributed by atoms with Crippen LogP contribution in [-0.4, -0.2) is 54.9 Å². The van der Waals surface area contributed by atoms with Crippen LogP contribution >= 0.6 is 11.8 Å². The highest BCUT2D eigenvalue weighted by atomic mass is 32.2. The predicted molar refractivity (Wildman–Crippen MR) is 142 cm³/mol. The number of anilines is 1. The number of nitrogens with two attached hydrogens (primary N) is 1. The Morgan fingerprint density at radius 2 is 1.97 bits per heavy atom. The molecule has 1 fully saturated rings. The Morgan fingerprint density at radius 3 is 2.60 bits per heavy atom. The van der Waals surface area contributed by atoms with Crippen LogP contribution in [0.15, 0.2) is 29.3 Å². The lowest BCUT2D eigenvalue weighted by molar-refractivity contribution is -0.119. The van der Waals surface area contributed by atoms with Crippen molar-refractivity contribution >= 4 is 29.1 Å². The molecular weight excluding hydrogens is 456 g/mol. The zero-order valence-corrected chi connectivity index (χ0v) is 21.7. The molecule has 7 nitrogen and oxygen atoms in total. The molecule has 0 radical (unpaired) electrons. The van der Waals surface area contributed by atoms with Gasteiger partial charge in [0, 0.05) is 31.8 Å². The third kappa shape index (κ3) is 6.82. The summed E-state index contributed by atoms with van der Waals surface area (Å²) in [7, 11) is 2.12. The number of likely N-dealkylation sites (N-methyl/N-ethyl adjacent to an activating group) is 1. The zero-order chi connectivity index (χ0) is 25.4.